The molecule has 0 unspecified atom stereocenters. The molecule has 0 spiro atoms. The Balaban J connectivity index is 3.31. The lowest BCUT2D eigenvalue weighted by Crippen LogP contribution is -2.18. The number of nitrogens with one attached hydrogen (secondary N) is 1. The van der Waals surface area contributed by atoms with E-state index < -0.39 is 15.8 Å². The van der Waals surface area contributed by atoms with E-state index in [1.54, 1.807) is 6.07 Å². The maximum atomic E-state index is 13.0. The fourth-order valence-corrected chi connectivity index (χ4v) is 1.61. The van der Waals surface area contributed by atoms with Gasteiger partial charge in [-0.2, -0.15) is 5.26 Å². The first-order valence-electron chi connectivity index (χ1n) is 3.64. The van der Waals surface area contributed by atoms with E-state index in [9.17, 15) is 12.8 Å². The van der Waals surface area contributed by atoms with Gasteiger partial charge in [-0.25, -0.2) is 17.5 Å². The predicted octanol–water partition coefficient (Wildman–Crippen LogP) is 0.605. The van der Waals surface area contributed by atoms with Gasteiger partial charge < -0.3 is 0 Å². The molecule has 1 aromatic carbocycles. The zero-order valence-corrected chi connectivity index (χ0v) is 8.10. The van der Waals surface area contributed by atoms with E-state index in [-0.39, 0.29) is 10.5 Å². The van der Waals surface area contributed by atoms with Crippen LogP contribution in [0.5, 0.6) is 0 Å². The van der Waals surface area contributed by atoms with Crippen molar-refractivity contribution < 1.29 is 12.8 Å². The van der Waals surface area contributed by atoms with Crippen LogP contribution in [0.3, 0.4) is 0 Å². The lowest BCUT2D eigenvalue weighted by molar-refractivity contribution is 0.583. The monoisotopic (exact) mass is 214 g/mol. The fourth-order valence-electron chi connectivity index (χ4n) is 0.872. The van der Waals surface area contributed by atoms with Gasteiger partial charge in [0.1, 0.15) is 11.9 Å². The summed E-state index contributed by atoms with van der Waals surface area (Å²) in [5.74, 6) is -0.844. The molecule has 0 saturated carbocycles. The van der Waals surface area contributed by atoms with Crippen molar-refractivity contribution in [3.8, 4) is 6.07 Å². The molecule has 1 rings (SSSR count). The molecule has 6 heteroatoms. The van der Waals surface area contributed by atoms with Crippen molar-refractivity contribution in [2.24, 2.45) is 0 Å². The number of nitrogens with zero attached hydrogens (tertiary/aromatic N) is 1. The second-order valence-corrected chi connectivity index (χ2v) is 4.35. The van der Waals surface area contributed by atoms with Crippen molar-refractivity contribution in [1.29, 1.82) is 5.26 Å². The minimum atomic E-state index is -3.65. The van der Waals surface area contributed by atoms with Gasteiger partial charge >= 0.3 is 0 Å². The molecule has 0 atom stereocenters. The van der Waals surface area contributed by atoms with Crippen molar-refractivity contribution in [3.05, 3.63) is 29.6 Å². The van der Waals surface area contributed by atoms with E-state index >= 15 is 0 Å². The molecular formula is C8H7FN2O2S. The molecule has 0 amide bonds. The molecule has 0 aromatic heterocycles. The molecule has 74 valence electrons. The summed E-state index contributed by atoms with van der Waals surface area (Å²) < 4.78 is 37.4. The Morgan fingerprint density at radius 1 is 1.50 bits per heavy atom. The smallest absolute Gasteiger partial charge is 0.214 e. The molecule has 0 radical (unpaired) electrons. The second kappa shape index (κ2) is 3.74. The van der Waals surface area contributed by atoms with Crippen molar-refractivity contribution in [2.75, 3.05) is 7.05 Å². The first-order chi connectivity index (χ1) is 6.51. The standard InChI is InChI=1S/C8H7FN2O2S/c1-11-14(12,13)7-3-2-6(5-10)8(9)4-7/h2-4,11H,1H3. The summed E-state index contributed by atoms with van der Waals surface area (Å²) in [5, 5.41) is 8.41. The van der Waals surface area contributed by atoms with Crippen molar-refractivity contribution in [3.63, 3.8) is 0 Å². The number of rotatable bonds is 2. The summed E-state index contributed by atoms with van der Waals surface area (Å²) in [5.41, 5.74) is -0.181. The normalized spacial score (nSPS) is 10.9. The Bertz CT molecular complexity index is 491. The fraction of sp³-hybridized carbons (Fsp3) is 0.125. The Hall–Kier alpha value is -1.45. The number of nitriles is 1. The van der Waals surface area contributed by atoms with Gasteiger partial charge in [0.15, 0.2) is 0 Å². The Morgan fingerprint density at radius 2 is 2.14 bits per heavy atom. The minimum absolute atomic E-state index is 0.181. The van der Waals surface area contributed by atoms with Crippen LogP contribution >= 0.6 is 0 Å². The summed E-state index contributed by atoms with van der Waals surface area (Å²) in [6, 6.07) is 4.71. The van der Waals surface area contributed by atoms with E-state index in [1.807, 2.05) is 4.72 Å². The lowest BCUT2D eigenvalue weighted by atomic mass is 10.2. The van der Waals surface area contributed by atoms with Gasteiger partial charge in [0, 0.05) is 0 Å². The highest BCUT2D eigenvalue weighted by atomic mass is 32.2. The van der Waals surface area contributed by atoms with E-state index in [2.05, 4.69) is 0 Å². The average Bonchev–Trinajstić information content (AvgIpc) is 2.17. The highest BCUT2D eigenvalue weighted by Gasteiger charge is 2.13. The quantitative estimate of drug-likeness (QED) is 0.783. The first-order valence-corrected chi connectivity index (χ1v) is 5.13. The molecule has 0 aliphatic carbocycles. The van der Waals surface area contributed by atoms with Gasteiger partial charge in [-0.15, -0.1) is 0 Å². The number of benzene rings is 1. The third-order valence-corrected chi connectivity index (χ3v) is 3.05. The maximum absolute atomic E-state index is 13.0. The third-order valence-electron chi connectivity index (χ3n) is 1.64. The third kappa shape index (κ3) is 1.89. The highest BCUT2D eigenvalue weighted by Crippen LogP contribution is 2.13. The molecule has 0 aliphatic heterocycles. The molecule has 14 heavy (non-hydrogen) atoms. The van der Waals surface area contributed by atoms with Gasteiger partial charge in [-0.05, 0) is 25.2 Å². The molecule has 1 aromatic rings. The first kappa shape index (κ1) is 10.6. The second-order valence-electron chi connectivity index (χ2n) is 2.46. The van der Waals surface area contributed by atoms with Crippen molar-refractivity contribution in [2.45, 2.75) is 4.90 Å². The van der Waals surface area contributed by atoms with E-state index in [1.165, 1.54) is 13.1 Å². The van der Waals surface area contributed by atoms with Gasteiger partial charge in [0.25, 0.3) is 0 Å². The van der Waals surface area contributed by atoms with Gasteiger partial charge in [0.05, 0.1) is 10.5 Å². The van der Waals surface area contributed by atoms with Crippen LogP contribution < -0.4 is 4.72 Å². The average molecular weight is 214 g/mol. The largest absolute Gasteiger partial charge is 0.240 e. The van der Waals surface area contributed by atoms with Gasteiger partial charge in [-0.3, -0.25) is 0 Å². The molecule has 0 bridgehead atoms. The van der Waals surface area contributed by atoms with Crippen molar-refractivity contribution in [1.82, 2.24) is 4.72 Å². The molecule has 0 aliphatic rings. The van der Waals surface area contributed by atoms with E-state index in [0.717, 1.165) is 12.1 Å². The van der Waals surface area contributed by atoms with Crippen LogP contribution in [0.1, 0.15) is 5.56 Å². The van der Waals surface area contributed by atoms with Crippen LogP contribution in [-0.4, -0.2) is 15.5 Å². The van der Waals surface area contributed by atoms with E-state index in [4.69, 9.17) is 5.26 Å². The number of halogens is 1. The SMILES string of the molecule is CNS(=O)(=O)c1ccc(C#N)c(F)c1. The van der Waals surface area contributed by atoms with Crippen LogP contribution in [0.2, 0.25) is 0 Å². The number of hydrogen-bond donors (Lipinski definition) is 1. The van der Waals surface area contributed by atoms with E-state index in [0.29, 0.717) is 0 Å². The topological polar surface area (TPSA) is 70.0 Å². The molecule has 0 heterocycles. The van der Waals surface area contributed by atoms with Crippen LogP contribution in [0, 0.1) is 17.1 Å². The number of sulfonamides is 1. The Kier molecular flexibility index (Phi) is 2.84. The van der Waals surface area contributed by atoms with Crippen LogP contribution in [-0.2, 0) is 10.0 Å². The van der Waals surface area contributed by atoms with Gasteiger partial charge in [0.2, 0.25) is 10.0 Å². The summed E-state index contributed by atoms with van der Waals surface area (Å²) >= 11 is 0. The summed E-state index contributed by atoms with van der Waals surface area (Å²) in [6.45, 7) is 0. The molecule has 0 saturated heterocycles. The van der Waals surface area contributed by atoms with Crippen molar-refractivity contribution >= 4 is 10.0 Å². The van der Waals surface area contributed by atoms with Crippen LogP contribution in [0.25, 0.3) is 0 Å². The lowest BCUT2D eigenvalue weighted by Gasteiger charge is -2.02. The molecule has 0 fully saturated rings. The summed E-state index contributed by atoms with van der Waals surface area (Å²) in [6.07, 6.45) is 0. The zero-order chi connectivity index (χ0) is 10.8. The molecule has 4 nitrogen and oxygen atoms in total. The zero-order valence-electron chi connectivity index (χ0n) is 7.28. The Morgan fingerprint density at radius 3 is 2.57 bits per heavy atom. The molecular weight excluding hydrogens is 207 g/mol. The predicted molar refractivity (Wildman–Crippen MR) is 47.4 cm³/mol. The maximum Gasteiger partial charge on any atom is 0.240 e. The van der Waals surface area contributed by atoms with Crippen LogP contribution in [0.4, 0.5) is 4.39 Å². The van der Waals surface area contributed by atoms with Gasteiger partial charge in [-0.1, -0.05) is 0 Å². The Labute approximate surface area is 81.0 Å². The molecule has 1 N–H and O–H groups in total. The minimum Gasteiger partial charge on any atom is -0.214 e. The van der Waals surface area contributed by atoms with Crippen LogP contribution in [0.15, 0.2) is 23.1 Å². The summed E-state index contributed by atoms with van der Waals surface area (Å²) in [4.78, 5) is -0.198. The summed E-state index contributed by atoms with van der Waals surface area (Å²) in [7, 11) is -2.42. The highest BCUT2D eigenvalue weighted by molar-refractivity contribution is 7.89. The number of hydrogen-bond acceptors (Lipinski definition) is 3.